The molecule has 0 saturated carbocycles. The standard InChI is InChI=1S/C15H22ClNO2/c1-3-19-14-9-7-13(8-10-14)12-17(2)15(18)6-4-5-11-16/h7-10H,3-6,11-12H2,1-2H3. The maximum absolute atomic E-state index is 11.8. The average Bonchev–Trinajstić information content (AvgIpc) is 2.41. The molecule has 1 amide bonds. The molecule has 4 heteroatoms. The lowest BCUT2D eigenvalue weighted by molar-refractivity contribution is -0.130. The average molecular weight is 284 g/mol. The van der Waals surface area contributed by atoms with E-state index in [1.165, 1.54) is 0 Å². The maximum atomic E-state index is 11.8. The summed E-state index contributed by atoms with van der Waals surface area (Å²) in [6.07, 6.45) is 2.32. The maximum Gasteiger partial charge on any atom is 0.222 e. The molecule has 0 saturated heterocycles. The number of unbranched alkanes of at least 4 members (excludes halogenated alkanes) is 1. The van der Waals surface area contributed by atoms with Crippen molar-refractivity contribution in [3.8, 4) is 5.75 Å². The smallest absolute Gasteiger partial charge is 0.222 e. The molecule has 0 spiro atoms. The van der Waals surface area contributed by atoms with Gasteiger partial charge in [-0.3, -0.25) is 4.79 Å². The zero-order chi connectivity index (χ0) is 14.1. The van der Waals surface area contributed by atoms with Crippen molar-refractivity contribution >= 4 is 17.5 Å². The van der Waals surface area contributed by atoms with Gasteiger partial charge in [-0.2, -0.15) is 0 Å². The molecule has 0 radical (unpaired) electrons. The van der Waals surface area contributed by atoms with Crippen LogP contribution in [-0.2, 0) is 11.3 Å². The lowest BCUT2D eigenvalue weighted by Gasteiger charge is -2.17. The van der Waals surface area contributed by atoms with Crippen LogP contribution in [0.5, 0.6) is 5.75 Å². The van der Waals surface area contributed by atoms with Crippen molar-refractivity contribution in [1.82, 2.24) is 4.90 Å². The van der Waals surface area contributed by atoms with E-state index in [0.29, 0.717) is 25.5 Å². The van der Waals surface area contributed by atoms with Gasteiger partial charge in [0.25, 0.3) is 0 Å². The van der Waals surface area contributed by atoms with Crippen molar-refractivity contribution in [2.24, 2.45) is 0 Å². The van der Waals surface area contributed by atoms with Gasteiger partial charge in [-0.05, 0) is 37.5 Å². The number of hydrogen-bond acceptors (Lipinski definition) is 2. The van der Waals surface area contributed by atoms with Crippen LogP contribution in [-0.4, -0.2) is 30.3 Å². The Balaban J connectivity index is 2.42. The van der Waals surface area contributed by atoms with Crippen LogP contribution in [0.2, 0.25) is 0 Å². The Hall–Kier alpha value is -1.22. The summed E-state index contributed by atoms with van der Waals surface area (Å²) in [6.45, 7) is 3.26. The van der Waals surface area contributed by atoms with E-state index in [9.17, 15) is 4.79 Å². The Kier molecular flexibility index (Phi) is 7.34. The highest BCUT2D eigenvalue weighted by atomic mass is 35.5. The van der Waals surface area contributed by atoms with E-state index < -0.39 is 0 Å². The quantitative estimate of drug-likeness (QED) is 0.540. The molecule has 0 aliphatic carbocycles. The summed E-state index contributed by atoms with van der Waals surface area (Å²) >= 11 is 5.60. The molecule has 0 aliphatic heterocycles. The molecule has 0 aliphatic rings. The molecule has 0 aromatic heterocycles. The summed E-state index contributed by atoms with van der Waals surface area (Å²) in [5.41, 5.74) is 1.11. The second-order valence-corrected chi connectivity index (χ2v) is 4.85. The topological polar surface area (TPSA) is 29.5 Å². The Morgan fingerprint density at radius 3 is 2.53 bits per heavy atom. The summed E-state index contributed by atoms with van der Waals surface area (Å²) in [5.74, 6) is 1.65. The lowest BCUT2D eigenvalue weighted by Crippen LogP contribution is -2.25. The first-order chi connectivity index (χ1) is 9.17. The number of halogens is 1. The van der Waals surface area contributed by atoms with Crippen LogP contribution in [0.3, 0.4) is 0 Å². The first-order valence-corrected chi connectivity index (χ1v) is 7.22. The Bertz CT molecular complexity index is 378. The zero-order valence-corrected chi connectivity index (χ0v) is 12.4. The second kappa shape index (κ2) is 8.81. The first-order valence-electron chi connectivity index (χ1n) is 6.69. The highest BCUT2D eigenvalue weighted by Gasteiger charge is 2.08. The van der Waals surface area contributed by atoms with Crippen LogP contribution in [0.1, 0.15) is 31.7 Å². The molecular formula is C15H22ClNO2. The minimum absolute atomic E-state index is 0.166. The third-order valence-electron chi connectivity index (χ3n) is 2.85. The van der Waals surface area contributed by atoms with Crippen molar-refractivity contribution in [3.05, 3.63) is 29.8 Å². The fourth-order valence-corrected chi connectivity index (χ4v) is 1.97. The van der Waals surface area contributed by atoms with Crippen LogP contribution < -0.4 is 4.74 Å². The zero-order valence-electron chi connectivity index (χ0n) is 11.7. The van der Waals surface area contributed by atoms with Crippen LogP contribution in [0.4, 0.5) is 0 Å². The molecule has 3 nitrogen and oxygen atoms in total. The number of carbonyl (C=O) groups excluding carboxylic acids is 1. The molecule has 0 N–H and O–H groups in total. The van der Waals surface area contributed by atoms with Gasteiger partial charge in [0.1, 0.15) is 5.75 Å². The Morgan fingerprint density at radius 2 is 1.95 bits per heavy atom. The highest BCUT2D eigenvalue weighted by molar-refractivity contribution is 6.17. The Labute approximate surface area is 120 Å². The number of amides is 1. The number of alkyl halides is 1. The van der Waals surface area contributed by atoms with Gasteiger partial charge >= 0.3 is 0 Å². The predicted octanol–water partition coefficient (Wildman–Crippen LogP) is 3.45. The summed E-state index contributed by atoms with van der Waals surface area (Å²) in [6, 6.07) is 7.86. The number of nitrogens with zero attached hydrogens (tertiary/aromatic N) is 1. The van der Waals surface area contributed by atoms with E-state index in [-0.39, 0.29) is 5.91 Å². The number of carbonyl (C=O) groups is 1. The normalized spacial score (nSPS) is 10.3. The predicted molar refractivity (Wildman–Crippen MR) is 78.7 cm³/mol. The molecule has 106 valence electrons. The highest BCUT2D eigenvalue weighted by Crippen LogP contribution is 2.13. The summed E-state index contributed by atoms with van der Waals surface area (Å²) in [5, 5.41) is 0. The summed E-state index contributed by atoms with van der Waals surface area (Å²) in [7, 11) is 1.83. The van der Waals surface area contributed by atoms with Gasteiger partial charge in [0.05, 0.1) is 6.61 Å². The van der Waals surface area contributed by atoms with Crippen LogP contribution >= 0.6 is 11.6 Å². The minimum Gasteiger partial charge on any atom is -0.494 e. The van der Waals surface area contributed by atoms with Gasteiger partial charge < -0.3 is 9.64 Å². The van der Waals surface area contributed by atoms with E-state index in [0.717, 1.165) is 24.2 Å². The van der Waals surface area contributed by atoms with Gasteiger partial charge in [-0.15, -0.1) is 11.6 Å². The third kappa shape index (κ3) is 5.97. The molecule has 1 aromatic rings. The monoisotopic (exact) mass is 283 g/mol. The first kappa shape index (κ1) is 15.8. The van der Waals surface area contributed by atoms with Gasteiger partial charge in [0, 0.05) is 25.9 Å². The van der Waals surface area contributed by atoms with Crippen LogP contribution in [0.25, 0.3) is 0 Å². The van der Waals surface area contributed by atoms with Crippen molar-refractivity contribution < 1.29 is 9.53 Å². The van der Waals surface area contributed by atoms with Gasteiger partial charge in [0.2, 0.25) is 5.91 Å². The Morgan fingerprint density at radius 1 is 1.26 bits per heavy atom. The van der Waals surface area contributed by atoms with Crippen LogP contribution in [0, 0.1) is 0 Å². The van der Waals surface area contributed by atoms with E-state index in [1.54, 1.807) is 4.90 Å². The summed E-state index contributed by atoms with van der Waals surface area (Å²) < 4.78 is 5.39. The molecule has 0 fully saturated rings. The number of ether oxygens (including phenoxy) is 1. The number of rotatable bonds is 8. The number of benzene rings is 1. The molecule has 0 atom stereocenters. The fraction of sp³-hybridized carbons (Fsp3) is 0.533. The van der Waals surface area contributed by atoms with Crippen molar-refractivity contribution in [2.45, 2.75) is 32.7 Å². The SMILES string of the molecule is CCOc1ccc(CN(C)C(=O)CCCCCl)cc1. The van der Waals surface area contributed by atoms with Crippen molar-refractivity contribution in [1.29, 1.82) is 0 Å². The van der Waals surface area contributed by atoms with E-state index in [2.05, 4.69) is 0 Å². The molecule has 1 aromatic carbocycles. The fourth-order valence-electron chi connectivity index (χ4n) is 1.78. The number of hydrogen-bond donors (Lipinski definition) is 0. The van der Waals surface area contributed by atoms with Gasteiger partial charge in [-0.25, -0.2) is 0 Å². The molecule has 0 bridgehead atoms. The molecular weight excluding hydrogens is 262 g/mol. The van der Waals surface area contributed by atoms with Crippen molar-refractivity contribution in [3.63, 3.8) is 0 Å². The molecule has 0 unspecified atom stereocenters. The van der Waals surface area contributed by atoms with E-state index in [4.69, 9.17) is 16.3 Å². The minimum atomic E-state index is 0.166. The van der Waals surface area contributed by atoms with Crippen molar-refractivity contribution in [2.75, 3.05) is 19.5 Å². The van der Waals surface area contributed by atoms with E-state index >= 15 is 0 Å². The lowest BCUT2D eigenvalue weighted by atomic mass is 10.2. The third-order valence-corrected chi connectivity index (χ3v) is 3.12. The van der Waals surface area contributed by atoms with Crippen LogP contribution in [0.15, 0.2) is 24.3 Å². The molecule has 1 rings (SSSR count). The largest absolute Gasteiger partial charge is 0.494 e. The summed E-state index contributed by atoms with van der Waals surface area (Å²) in [4.78, 5) is 13.6. The molecule has 0 heterocycles. The van der Waals surface area contributed by atoms with Gasteiger partial charge in [-0.1, -0.05) is 12.1 Å². The van der Waals surface area contributed by atoms with E-state index in [1.807, 2.05) is 38.2 Å². The molecule has 19 heavy (non-hydrogen) atoms. The van der Waals surface area contributed by atoms with Gasteiger partial charge in [0.15, 0.2) is 0 Å². The second-order valence-electron chi connectivity index (χ2n) is 4.47.